The molecule has 0 aliphatic heterocycles. The average Bonchev–Trinajstić information content (AvgIpc) is 2.97. The Kier molecular flexibility index (Phi) is 5.08. The zero-order valence-corrected chi connectivity index (χ0v) is 14.7. The van der Waals surface area contributed by atoms with Crippen molar-refractivity contribution in [2.75, 3.05) is 0 Å². The molecule has 0 radical (unpaired) electrons. The second kappa shape index (κ2) is 7.43. The lowest BCUT2D eigenvalue weighted by Gasteiger charge is -2.10. The van der Waals surface area contributed by atoms with Gasteiger partial charge in [-0.25, -0.2) is 4.68 Å². The van der Waals surface area contributed by atoms with Gasteiger partial charge in [-0.15, -0.1) is 0 Å². The molecule has 0 fully saturated rings. The van der Waals surface area contributed by atoms with E-state index in [4.69, 9.17) is 17.5 Å². The third-order valence-electron chi connectivity index (χ3n) is 4.00. The molecule has 0 amide bonds. The zero-order valence-electron chi connectivity index (χ0n) is 13.9. The SMILES string of the molecule is Cc1ccc(-n2c(-c3ccccc3CO)nn(CCC#N)c2=S)cc1. The Hall–Kier alpha value is -2.75. The van der Waals surface area contributed by atoms with Gasteiger partial charge in [0.15, 0.2) is 5.82 Å². The van der Waals surface area contributed by atoms with Gasteiger partial charge in [0.25, 0.3) is 0 Å². The molecule has 0 bridgehead atoms. The van der Waals surface area contributed by atoms with Crippen LogP contribution in [0.5, 0.6) is 0 Å². The molecule has 0 saturated heterocycles. The fraction of sp³-hybridized carbons (Fsp3) is 0.211. The van der Waals surface area contributed by atoms with Crippen LogP contribution in [0.15, 0.2) is 48.5 Å². The molecule has 6 heteroatoms. The van der Waals surface area contributed by atoms with Gasteiger partial charge in [0.2, 0.25) is 4.77 Å². The standard InChI is InChI=1S/C19H18N4OS/c1-14-7-9-16(10-8-14)23-18(17-6-3-2-5-15(17)13-24)21-22(19(23)25)12-4-11-20/h2-3,5-10,24H,4,12-13H2,1H3. The molecule has 3 aromatic rings. The van der Waals surface area contributed by atoms with Crippen LogP contribution in [0.4, 0.5) is 0 Å². The number of nitrogens with zero attached hydrogens (tertiary/aromatic N) is 4. The van der Waals surface area contributed by atoms with E-state index >= 15 is 0 Å². The number of benzene rings is 2. The van der Waals surface area contributed by atoms with Crippen molar-refractivity contribution in [2.24, 2.45) is 0 Å². The van der Waals surface area contributed by atoms with E-state index in [1.54, 1.807) is 4.68 Å². The van der Waals surface area contributed by atoms with Crippen molar-refractivity contribution in [2.45, 2.75) is 26.5 Å². The van der Waals surface area contributed by atoms with E-state index in [9.17, 15) is 5.11 Å². The molecule has 5 nitrogen and oxygen atoms in total. The van der Waals surface area contributed by atoms with Crippen LogP contribution < -0.4 is 0 Å². The second-order valence-corrected chi connectivity index (χ2v) is 6.09. The predicted octanol–water partition coefficient (Wildman–Crippen LogP) is 3.78. The van der Waals surface area contributed by atoms with E-state index in [0.29, 0.717) is 23.6 Å². The first-order valence-corrected chi connectivity index (χ1v) is 8.39. The lowest BCUT2D eigenvalue weighted by atomic mass is 10.1. The van der Waals surface area contributed by atoms with Crippen molar-refractivity contribution in [1.29, 1.82) is 5.26 Å². The Bertz CT molecular complexity index is 980. The van der Waals surface area contributed by atoms with Gasteiger partial charge in [0.05, 0.1) is 25.6 Å². The van der Waals surface area contributed by atoms with Crippen LogP contribution in [0.2, 0.25) is 0 Å². The molecule has 0 aliphatic rings. The molecular formula is C19H18N4OS. The minimum absolute atomic E-state index is 0.0815. The molecule has 0 unspecified atom stereocenters. The third-order valence-corrected chi connectivity index (χ3v) is 4.39. The van der Waals surface area contributed by atoms with E-state index in [1.807, 2.05) is 60.0 Å². The van der Waals surface area contributed by atoms with Crippen LogP contribution in [0.1, 0.15) is 17.5 Å². The van der Waals surface area contributed by atoms with Crippen LogP contribution in [0.3, 0.4) is 0 Å². The van der Waals surface area contributed by atoms with Crippen LogP contribution >= 0.6 is 12.2 Å². The normalized spacial score (nSPS) is 10.6. The van der Waals surface area contributed by atoms with Crippen molar-refractivity contribution < 1.29 is 5.11 Å². The molecule has 0 saturated carbocycles. The Morgan fingerprint density at radius 2 is 1.88 bits per heavy atom. The monoisotopic (exact) mass is 350 g/mol. The van der Waals surface area contributed by atoms with Gasteiger partial charge >= 0.3 is 0 Å². The fourth-order valence-corrected chi connectivity index (χ4v) is 3.01. The summed E-state index contributed by atoms with van der Waals surface area (Å²) in [6, 6.07) is 17.7. The number of nitriles is 1. The zero-order chi connectivity index (χ0) is 17.8. The summed E-state index contributed by atoms with van der Waals surface area (Å²) in [6.45, 7) is 2.38. The van der Waals surface area contributed by atoms with Gasteiger partial charge in [-0.2, -0.15) is 10.4 Å². The second-order valence-electron chi connectivity index (χ2n) is 5.72. The van der Waals surface area contributed by atoms with Crippen LogP contribution in [0, 0.1) is 23.0 Å². The molecule has 1 N–H and O–H groups in total. The van der Waals surface area contributed by atoms with E-state index in [-0.39, 0.29) is 6.61 Å². The topological polar surface area (TPSA) is 66.8 Å². The van der Waals surface area contributed by atoms with Crippen molar-refractivity contribution in [1.82, 2.24) is 14.3 Å². The van der Waals surface area contributed by atoms with Gasteiger partial charge in [0, 0.05) is 11.3 Å². The van der Waals surface area contributed by atoms with Crippen molar-refractivity contribution >= 4 is 12.2 Å². The number of hydrogen-bond acceptors (Lipinski definition) is 4. The molecule has 0 aliphatic carbocycles. The Balaban J connectivity index is 2.24. The van der Waals surface area contributed by atoms with E-state index in [1.165, 1.54) is 0 Å². The molecule has 2 aromatic carbocycles. The van der Waals surface area contributed by atoms with E-state index < -0.39 is 0 Å². The highest BCUT2D eigenvalue weighted by atomic mass is 32.1. The minimum atomic E-state index is -0.0815. The third kappa shape index (κ3) is 3.38. The first kappa shape index (κ1) is 17.1. The van der Waals surface area contributed by atoms with Crippen molar-refractivity contribution in [3.8, 4) is 23.1 Å². The van der Waals surface area contributed by atoms with Gasteiger partial charge in [-0.1, -0.05) is 42.0 Å². The Morgan fingerprint density at radius 3 is 2.56 bits per heavy atom. The lowest BCUT2D eigenvalue weighted by molar-refractivity contribution is 0.282. The summed E-state index contributed by atoms with van der Waals surface area (Å²) < 4.78 is 4.09. The quantitative estimate of drug-likeness (QED) is 0.711. The van der Waals surface area contributed by atoms with Crippen LogP contribution in [-0.4, -0.2) is 19.5 Å². The smallest absolute Gasteiger partial charge is 0.202 e. The number of rotatable bonds is 5. The summed E-state index contributed by atoms with van der Waals surface area (Å²) in [4.78, 5) is 0. The first-order valence-electron chi connectivity index (χ1n) is 7.98. The van der Waals surface area contributed by atoms with Gasteiger partial charge in [-0.05, 0) is 36.8 Å². The van der Waals surface area contributed by atoms with Gasteiger partial charge in [-0.3, -0.25) is 4.57 Å². The summed E-state index contributed by atoms with van der Waals surface area (Å²) in [6.07, 6.45) is 0.334. The summed E-state index contributed by atoms with van der Waals surface area (Å²) in [7, 11) is 0. The number of hydrogen-bond donors (Lipinski definition) is 1. The summed E-state index contributed by atoms with van der Waals surface area (Å²) in [5, 5.41) is 23.2. The van der Waals surface area contributed by atoms with Gasteiger partial charge in [0.1, 0.15) is 0 Å². The maximum atomic E-state index is 9.68. The maximum Gasteiger partial charge on any atom is 0.202 e. The highest BCUT2D eigenvalue weighted by molar-refractivity contribution is 7.71. The molecule has 1 heterocycles. The fourth-order valence-electron chi connectivity index (χ4n) is 2.69. The molecule has 3 rings (SSSR count). The van der Waals surface area contributed by atoms with E-state index in [2.05, 4.69) is 11.2 Å². The molecule has 1 aromatic heterocycles. The molecular weight excluding hydrogens is 332 g/mol. The van der Waals surface area contributed by atoms with E-state index in [0.717, 1.165) is 22.4 Å². The largest absolute Gasteiger partial charge is 0.392 e. The molecule has 25 heavy (non-hydrogen) atoms. The minimum Gasteiger partial charge on any atom is -0.392 e. The predicted molar refractivity (Wildman–Crippen MR) is 98.7 cm³/mol. The number of aliphatic hydroxyl groups excluding tert-OH is 1. The van der Waals surface area contributed by atoms with Crippen molar-refractivity contribution in [3.05, 3.63) is 64.4 Å². The summed E-state index contributed by atoms with van der Waals surface area (Å²) in [5.41, 5.74) is 3.67. The first-order chi connectivity index (χ1) is 12.2. The lowest BCUT2D eigenvalue weighted by Crippen LogP contribution is -2.01. The van der Waals surface area contributed by atoms with Gasteiger partial charge < -0.3 is 5.11 Å². The average molecular weight is 350 g/mol. The highest BCUT2D eigenvalue weighted by Crippen LogP contribution is 2.26. The van der Waals surface area contributed by atoms with Crippen LogP contribution in [-0.2, 0) is 13.2 Å². The van der Waals surface area contributed by atoms with Crippen LogP contribution in [0.25, 0.3) is 17.1 Å². The summed E-state index contributed by atoms with van der Waals surface area (Å²) in [5.74, 6) is 0.663. The molecule has 0 atom stereocenters. The highest BCUT2D eigenvalue weighted by Gasteiger charge is 2.16. The Labute approximate surface area is 151 Å². The van der Waals surface area contributed by atoms with Crippen molar-refractivity contribution in [3.63, 3.8) is 0 Å². The molecule has 126 valence electrons. The maximum absolute atomic E-state index is 9.68. The molecule has 0 spiro atoms. The number of aromatic nitrogens is 3. The Morgan fingerprint density at radius 1 is 1.16 bits per heavy atom. The number of aryl methyl sites for hydroxylation is 2. The summed E-state index contributed by atoms with van der Waals surface area (Å²) >= 11 is 5.61. The number of aliphatic hydroxyl groups is 1.